The van der Waals surface area contributed by atoms with Gasteiger partial charge in [0.05, 0.1) is 20.9 Å². The van der Waals surface area contributed by atoms with Gasteiger partial charge in [-0.15, -0.1) is 12.4 Å². The average Bonchev–Trinajstić information content (AvgIpc) is 3.10. The van der Waals surface area contributed by atoms with Crippen molar-refractivity contribution in [2.45, 2.75) is 25.7 Å². The van der Waals surface area contributed by atoms with Crippen LogP contribution in [0.4, 0.5) is 5.13 Å². The summed E-state index contributed by atoms with van der Waals surface area (Å²) in [7, 11) is 0.611. The molecule has 0 radical (unpaired) electrons. The maximum absolute atomic E-state index is 13.3. The van der Waals surface area contributed by atoms with Gasteiger partial charge in [-0.05, 0) is 75.5 Å². The number of benzene rings is 2. The van der Waals surface area contributed by atoms with Gasteiger partial charge in [0.15, 0.2) is 15.0 Å². The Hall–Kier alpha value is -2.00. The summed E-state index contributed by atoms with van der Waals surface area (Å²) in [5.74, 6) is -0.162. The van der Waals surface area contributed by atoms with Crippen LogP contribution in [-0.2, 0) is 9.84 Å². The molecule has 1 heterocycles. The Labute approximate surface area is 194 Å². The van der Waals surface area contributed by atoms with Crippen LogP contribution in [0, 0.1) is 13.8 Å². The van der Waals surface area contributed by atoms with E-state index in [2.05, 4.69) is 19.9 Å². The number of anilines is 1. The third kappa shape index (κ3) is 5.63. The van der Waals surface area contributed by atoms with Crippen LogP contribution in [-0.4, -0.2) is 57.1 Å². The third-order valence-electron chi connectivity index (χ3n) is 5.08. The van der Waals surface area contributed by atoms with Crippen molar-refractivity contribution in [1.82, 2.24) is 9.88 Å². The second kappa shape index (κ2) is 10.1. The molecule has 0 saturated carbocycles. The zero-order valence-electron chi connectivity index (χ0n) is 18.4. The third-order valence-corrected chi connectivity index (χ3v) is 7.87. The van der Waals surface area contributed by atoms with Crippen molar-refractivity contribution in [2.24, 2.45) is 0 Å². The zero-order chi connectivity index (χ0) is 22.1. The Morgan fingerprint density at radius 3 is 2.23 bits per heavy atom. The zero-order valence-corrected chi connectivity index (χ0v) is 20.8. The summed E-state index contributed by atoms with van der Waals surface area (Å²) in [6.07, 6.45) is 0. The minimum absolute atomic E-state index is 0. The molecule has 3 aromatic rings. The Bertz CT molecular complexity index is 1130. The van der Waals surface area contributed by atoms with Crippen LogP contribution in [0.3, 0.4) is 0 Å². The van der Waals surface area contributed by atoms with Gasteiger partial charge in [-0.2, -0.15) is 0 Å². The fraction of sp³-hybridized carbons (Fsp3) is 0.364. The van der Waals surface area contributed by atoms with Crippen LogP contribution < -0.4 is 4.90 Å². The average molecular weight is 482 g/mol. The van der Waals surface area contributed by atoms with Crippen LogP contribution >= 0.6 is 23.7 Å². The first-order valence-electron chi connectivity index (χ1n) is 9.79. The number of sulfone groups is 1. The number of carbonyl (C=O) groups is 1. The number of nitrogens with zero attached hydrogens (tertiary/aromatic N) is 3. The van der Waals surface area contributed by atoms with Crippen molar-refractivity contribution >= 4 is 54.8 Å². The maximum atomic E-state index is 13.3. The predicted molar refractivity (Wildman–Crippen MR) is 131 cm³/mol. The minimum atomic E-state index is -3.30. The first-order chi connectivity index (χ1) is 14.1. The summed E-state index contributed by atoms with van der Waals surface area (Å²) in [6.45, 7) is 6.89. The van der Waals surface area contributed by atoms with E-state index in [4.69, 9.17) is 4.98 Å². The number of thiazole rings is 1. The Morgan fingerprint density at radius 2 is 1.65 bits per heavy atom. The van der Waals surface area contributed by atoms with E-state index in [1.54, 1.807) is 24.0 Å². The van der Waals surface area contributed by atoms with E-state index >= 15 is 0 Å². The fourth-order valence-electron chi connectivity index (χ4n) is 2.99. The molecule has 0 aliphatic heterocycles. The van der Waals surface area contributed by atoms with Crippen molar-refractivity contribution in [2.75, 3.05) is 37.8 Å². The molecule has 0 unspecified atom stereocenters. The molecule has 0 spiro atoms. The maximum Gasteiger partial charge on any atom is 0.260 e. The van der Waals surface area contributed by atoms with Crippen molar-refractivity contribution in [3.05, 3.63) is 53.1 Å². The molecule has 1 aromatic heterocycles. The minimum Gasteiger partial charge on any atom is -0.308 e. The highest BCUT2D eigenvalue weighted by atomic mass is 35.5. The number of likely N-dealkylation sites (N-methyl/N-ethyl adjacent to an activating group) is 1. The first kappa shape index (κ1) is 25.3. The standard InChI is InChI=1S/C22H27N3O3S2.ClH/c1-6-30(27,28)18-9-7-17(8-10-18)21(26)25(12-11-24(4)5)22-23-19-13-15(2)16(3)14-20(19)29-22;/h7-10,13-14H,6,11-12H2,1-5H3;1H. The summed E-state index contributed by atoms with van der Waals surface area (Å²) in [5.41, 5.74) is 3.68. The fourth-order valence-corrected chi connectivity index (χ4v) is 4.95. The van der Waals surface area contributed by atoms with E-state index in [0.717, 1.165) is 10.2 Å². The van der Waals surface area contributed by atoms with Crippen molar-refractivity contribution in [3.63, 3.8) is 0 Å². The molecule has 9 heteroatoms. The van der Waals surface area contributed by atoms with Gasteiger partial charge in [0.1, 0.15) is 0 Å². The second-order valence-electron chi connectivity index (χ2n) is 7.59. The van der Waals surface area contributed by atoms with Crippen LogP contribution in [0.2, 0.25) is 0 Å². The summed E-state index contributed by atoms with van der Waals surface area (Å²) in [5, 5.41) is 0.645. The number of amides is 1. The van der Waals surface area contributed by atoms with Crippen molar-refractivity contribution < 1.29 is 13.2 Å². The van der Waals surface area contributed by atoms with Crippen molar-refractivity contribution in [3.8, 4) is 0 Å². The van der Waals surface area contributed by atoms with Gasteiger partial charge in [-0.1, -0.05) is 18.3 Å². The highest BCUT2D eigenvalue weighted by Crippen LogP contribution is 2.31. The largest absolute Gasteiger partial charge is 0.308 e. The number of halogens is 1. The van der Waals surface area contributed by atoms with Gasteiger partial charge in [0, 0.05) is 18.7 Å². The number of hydrogen-bond acceptors (Lipinski definition) is 6. The number of carbonyl (C=O) groups excluding carboxylic acids is 1. The number of hydrogen-bond donors (Lipinski definition) is 0. The molecule has 2 aromatic carbocycles. The molecule has 168 valence electrons. The lowest BCUT2D eigenvalue weighted by Gasteiger charge is -2.22. The topological polar surface area (TPSA) is 70.6 Å². The molecule has 0 fully saturated rings. The SMILES string of the molecule is CCS(=O)(=O)c1ccc(C(=O)N(CCN(C)C)c2nc3cc(C)c(C)cc3s2)cc1.Cl. The molecule has 0 aliphatic carbocycles. The van der Waals surface area contributed by atoms with Gasteiger partial charge in [0.25, 0.3) is 5.91 Å². The molecule has 0 aliphatic rings. The van der Waals surface area contributed by atoms with E-state index in [1.807, 2.05) is 25.1 Å². The summed E-state index contributed by atoms with van der Waals surface area (Å²) in [6, 6.07) is 10.3. The molecule has 3 rings (SSSR count). The lowest BCUT2D eigenvalue weighted by atomic mass is 10.1. The van der Waals surface area contributed by atoms with Gasteiger partial charge < -0.3 is 4.90 Å². The number of fused-ring (bicyclic) bond motifs is 1. The molecule has 31 heavy (non-hydrogen) atoms. The molecular formula is C22H28ClN3O3S2. The van der Waals surface area contributed by atoms with Gasteiger partial charge in [0.2, 0.25) is 0 Å². The van der Waals surface area contributed by atoms with Crippen LogP contribution in [0.5, 0.6) is 0 Å². The molecule has 0 bridgehead atoms. The van der Waals surface area contributed by atoms with E-state index in [0.29, 0.717) is 23.8 Å². The Balaban J connectivity index is 0.00000341. The normalized spacial score (nSPS) is 11.5. The highest BCUT2D eigenvalue weighted by molar-refractivity contribution is 7.91. The van der Waals surface area contributed by atoms with Crippen LogP contribution in [0.25, 0.3) is 10.2 Å². The quantitative estimate of drug-likeness (QED) is 0.502. The number of aryl methyl sites for hydroxylation is 2. The smallest absolute Gasteiger partial charge is 0.260 e. The van der Waals surface area contributed by atoms with E-state index < -0.39 is 9.84 Å². The van der Waals surface area contributed by atoms with Gasteiger partial charge in [-0.25, -0.2) is 13.4 Å². The summed E-state index contributed by atoms with van der Waals surface area (Å²) < 4.78 is 25.2. The van der Waals surface area contributed by atoms with E-state index in [9.17, 15) is 13.2 Å². The van der Waals surface area contributed by atoms with E-state index in [-0.39, 0.29) is 29.0 Å². The first-order valence-corrected chi connectivity index (χ1v) is 12.3. The van der Waals surface area contributed by atoms with Crippen LogP contribution in [0.1, 0.15) is 28.4 Å². The lowest BCUT2D eigenvalue weighted by Crippen LogP contribution is -2.36. The Morgan fingerprint density at radius 1 is 1.03 bits per heavy atom. The predicted octanol–water partition coefficient (Wildman–Crippen LogP) is 4.34. The second-order valence-corrected chi connectivity index (χ2v) is 10.9. The molecular weight excluding hydrogens is 454 g/mol. The highest BCUT2D eigenvalue weighted by Gasteiger charge is 2.22. The van der Waals surface area contributed by atoms with Gasteiger partial charge in [-0.3, -0.25) is 9.69 Å². The lowest BCUT2D eigenvalue weighted by molar-refractivity contribution is 0.0985. The Kier molecular flexibility index (Phi) is 8.21. The molecule has 1 amide bonds. The van der Waals surface area contributed by atoms with Crippen molar-refractivity contribution in [1.29, 1.82) is 0 Å². The van der Waals surface area contributed by atoms with E-state index in [1.165, 1.54) is 34.6 Å². The summed E-state index contributed by atoms with van der Waals surface area (Å²) >= 11 is 1.49. The monoisotopic (exact) mass is 481 g/mol. The molecule has 0 N–H and O–H groups in total. The number of aromatic nitrogens is 1. The molecule has 0 saturated heterocycles. The molecule has 6 nitrogen and oxygen atoms in total. The van der Waals surface area contributed by atoms with Gasteiger partial charge >= 0.3 is 0 Å². The summed E-state index contributed by atoms with van der Waals surface area (Å²) in [4.78, 5) is 22.0. The van der Waals surface area contributed by atoms with Crippen LogP contribution in [0.15, 0.2) is 41.3 Å². The number of rotatable bonds is 7. The molecule has 0 atom stereocenters.